The molecule has 3 rings (SSSR count). The molecule has 0 aliphatic carbocycles. The summed E-state index contributed by atoms with van der Waals surface area (Å²) in [6, 6.07) is 17.2. The predicted molar refractivity (Wildman–Crippen MR) is 106 cm³/mol. The molecule has 140 valence electrons. The number of rotatable bonds is 7. The molecule has 0 aliphatic rings. The van der Waals surface area contributed by atoms with Crippen molar-refractivity contribution in [2.24, 2.45) is 0 Å². The third kappa shape index (κ3) is 4.19. The number of fused-ring (bicyclic) bond motifs is 1. The molecular formula is C22H23NO4. The number of aryl methyl sites for hydroxylation is 1. The Morgan fingerprint density at radius 1 is 1.07 bits per heavy atom. The molecular weight excluding hydrogens is 342 g/mol. The fraction of sp³-hybridized carbons (Fsp3) is 0.273. The van der Waals surface area contributed by atoms with Gasteiger partial charge in [-0.05, 0) is 48.6 Å². The average molecular weight is 365 g/mol. The molecule has 2 aromatic carbocycles. The molecule has 0 aliphatic heterocycles. The van der Waals surface area contributed by atoms with Crippen molar-refractivity contribution in [2.75, 3.05) is 13.7 Å². The minimum absolute atomic E-state index is 0.0669. The summed E-state index contributed by atoms with van der Waals surface area (Å²) in [5, 5.41) is 0.985. The quantitative estimate of drug-likeness (QED) is 0.594. The first-order chi connectivity index (χ1) is 13.1. The Labute approximate surface area is 158 Å². The van der Waals surface area contributed by atoms with Gasteiger partial charge in [-0.1, -0.05) is 30.3 Å². The fourth-order valence-corrected chi connectivity index (χ4v) is 3.14. The highest BCUT2D eigenvalue weighted by Gasteiger charge is 2.12. The van der Waals surface area contributed by atoms with Crippen LogP contribution in [0.2, 0.25) is 0 Å². The second-order valence-corrected chi connectivity index (χ2v) is 6.21. The number of carbonyl (C=O) groups is 1. The van der Waals surface area contributed by atoms with Crippen LogP contribution in [0.4, 0.5) is 0 Å². The summed E-state index contributed by atoms with van der Waals surface area (Å²) in [5.41, 5.74) is 2.27. The molecule has 1 aromatic heterocycles. The number of para-hydroxylation sites is 1. The van der Waals surface area contributed by atoms with Gasteiger partial charge >= 0.3 is 5.97 Å². The molecule has 5 heteroatoms. The summed E-state index contributed by atoms with van der Waals surface area (Å²) < 4.78 is 11.9. The van der Waals surface area contributed by atoms with Gasteiger partial charge in [0.05, 0.1) is 19.2 Å². The van der Waals surface area contributed by atoms with Crippen LogP contribution in [0.25, 0.3) is 22.0 Å². The summed E-state index contributed by atoms with van der Waals surface area (Å²) in [6.07, 6.45) is 0.843. The Hall–Kier alpha value is -3.08. The summed E-state index contributed by atoms with van der Waals surface area (Å²) in [7, 11) is 1.61. The van der Waals surface area contributed by atoms with Gasteiger partial charge in [0, 0.05) is 18.5 Å². The molecule has 3 aromatic rings. The molecule has 0 radical (unpaired) electrons. The Balaban J connectivity index is 1.99. The predicted octanol–water partition coefficient (Wildman–Crippen LogP) is 4.02. The van der Waals surface area contributed by atoms with E-state index in [1.807, 2.05) is 54.6 Å². The maximum atomic E-state index is 13.2. The van der Waals surface area contributed by atoms with E-state index in [-0.39, 0.29) is 11.5 Å². The Kier molecular flexibility index (Phi) is 5.91. The van der Waals surface area contributed by atoms with E-state index in [1.54, 1.807) is 18.6 Å². The summed E-state index contributed by atoms with van der Waals surface area (Å²) in [4.78, 5) is 24.8. The van der Waals surface area contributed by atoms with E-state index < -0.39 is 0 Å². The first kappa shape index (κ1) is 18.7. The zero-order chi connectivity index (χ0) is 19.2. The number of esters is 1. The van der Waals surface area contributed by atoms with Crippen molar-refractivity contribution in [2.45, 2.75) is 26.3 Å². The molecule has 27 heavy (non-hydrogen) atoms. The molecule has 0 fully saturated rings. The number of nitrogens with zero attached hydrogens (tertiary/aromatic N) is 1. The number of pyridine rings is 1. The number of hydrogen-bond donors (Lipinski definition) is 0. The standard InChI is InChI=1S/C22H23NO4/c1-3-27-21(24)9-6-14-23-20-8-5-4-7-17(20)15-19(22(23)25)16-10-12-18(26-2)13-11-16/h4-5,7-8,10-13,15H,3,6,9,14H2,1-2H3. The largest absolute Gasteiger partial charge is 0.497 e. The molecule has 5 nitrogen and oxygen atoms in total. The SMILES string of the molecule is CCOC(=O)CCCn1c(=O)c(-c2ccc(OC)cc2)cc2ccccc21. The monoisotopic (exact) mass is 365 g/mol. The average Bonchev–Trinajstić information content (AvgIpc) is 2.69. The zero-order valence-corrected chi connectivity index (χ0v) is 15.6. The second-order valence-electron chi connectivity index (χ2n) is 6.21. The normalized spacial score (nSPS) is 10.7. The van der Waals surface area contributed by atoms with Crippen LogP contribution in [0.5, 0.6) is 5.75 Å². The van der Waals surface area contributed by atoms with E-state index in [4.69, 9.17) is 9.47 Å². The maximum absolute atomic E-state index is 13.2. The van der Waals surface area contributed by atoms with Crippen LogP contribution in [0.3, 0.4) is 0 Å². The molecule has 0 bridgehead atoms. The highest BCUT2D eigenvalue weighted by molar-refractivity contribution is 5.84. The van der Waals surface area contributed by atoms with Crippen molar-refractivity contribution in [1.82, 2.24) is 4.57 Å². The summed E-state index contributed by atoms with van der Waals surface area (Å²) in [5.74, 6) is 0.510. The van der Waals surface area contributed by atoms with Crippen molar-refractivity contribution < 1.29 is 14.3 Å². The van der Waals surface area contributed by atoms with Crippen LogP contribution in [0.15, 0.2) is 59.4 Å². The van der Waals surface area contributed by atoms with Gasteiger partial charge in [0.1, 0.15) is 5.75 Å². The van der Waals surface area contributed by atoms with Gasteiger partial charge in [-0.15, -0.1) is 0 Å². The first-order valence-corrected chi connectivity index (χ1v) is 9.06. The molecule has 0 saturated heterocycles. The molecule has 0 N–H and O–H groups in total. The van der Waals surface area contributed by atoms with Gasteiger partial charge in [0.25, 0.3) is 5.56 Å². The van der Waals surface area contributed by atoms with Gasteiger partial charge < -0.3 is 14.0 Å². The fourth-order valence-electron chi connectivity index (χ4n) is 3.14. The number of carbonyl (C=O) groups excluding carboxylic acids is 1. The molecule has 1 heterocycles. The van der Waals surface area contributed by atoms with Gasteiger partial charge in [-0.25, -0.2) is 0 Å². The third-order valence-electron chi connectivity index (χ3n) is 4.47. The lowest BCUT2D eigenvalue weighted by Crippen LogP contribution is -2.22. The van der Waals surface area contributed by atoms with Gasteiger partial charge in [-0.3, -0.25) is 9.59 Å². The smallest absolute Gasteiger partial charge is 0.305 e. The number of aromatic nitrogens is 1. The van der Waals surface area contributed by atoms with E-state index in [9.17, 15) is 9.59 Å². The molecule has 0 saturated carbocycles. The van der Waals surface area contributed by atoms with Gasteiger partial charge in [-0.2, -0.15) is 0 Å². The summed E-state index contributed by atoms with van der Waals surface area (Å²) in [6.45, 7) is 2.62. The van der Waals surface area contributed by atoms with Crippen molar-refractivity contribution in [3.63, 3.8) is 0 Å². The van der Waals surface area contributed by atoms with E-state index in [0.29, 0.717) is 31.6 Å². The lowest BCUT2D eigenvalue weighted by atomic mass is 10.0. The van der Waals surface area contributed by atoms with Gasteiger partial charge in [0.2, 0.25) is 0 Å². The Bertz CT molecular complexity index is 989. The van der Waals surface area contributed by atoms with E-state index in [2.05, 4.69) is 0 Å². The second kappa shape index (κ2) is 8.54. The number of benzene rings is 2. The van der Waals surface area contributed by atoms with E-state index in [1.165, 1.54) is 0 Å². The van der Waals surface area contributed by atoms with Crippen LogP contribution < -0.4 is 10.3 Å². The van der Waals surface area contributed by atoms with E-state index in [0.717, 1.165) is 22.2 Å². The number of methoxy groups -OCH3 is 1. The van der Waals surface area contributed by atoms with Crippen molar-refractivity contribution >= 4 is 16.9 Å². The van der Waals surface area contributed by atoms with Gasteiger partial charge in [0.15, 0.2) is 0 Å². The minimum Gasteiger partial charge on any atom is -0.497 e. The molecule has 0 unspecified atom stereocenters. The molecule has 0 amide bonds. The maximum Gasteiger partial charge on any atom is 0.305 e. The lowest BCUT2D eigenvalue weighted by Gasteiger charge is -2.13. The Morgan fingerprint density at radius 2 is 1.81 bits per heavy atom. The molecule has 0 atom stereocenters. The van der Waals surface area contributed by atoms with Crippen LogP contribution in [-0.2, 0) is 16.1 Å². The van der Waals surface area contributed by atoms with Crippen molar-refractivity contribution in [1.29, 1.82) is 0 Å². The number of ether oxygens (including phenoxy) is 2. The van der Waals surface area contributed by atoms with Crippen molar-refractivity contribution in [3.8, 4) is 16.9 Å². The first-order valence-electron chi connectivity index (χ1n) is 9.06. The van der Waals surface area contributed by atoms with Crippen LogP contribution in [0.1, 0.15) is 19.8 Å². The zero-order valence-electron chi connectivity index (χ0n) is 15.6. The lowest BCUT2D eigenvalue weighted by molar-refractivity contribution is -0.143. The summed E-state index contributed by atoms with van der Waals surface area (Å²) >= 11 is 0. The molecule has 0 spiro atoms. The third-order valence-corrected chi connectivity index (χ3v) is 4.47. The Morgan fingerprint density at radius 3 is 2.52 bits per heavy atom. The van der Waals surface area contributed by atoms with Crippen LogP contribution in [0, 0.1) is 0 Å². The number of hydrogen-bond acceptors (Lipinski definition) is 4. The van der Waals surface area contributed by atoms with Crippen LogP contribution in [-0.4, -0.2) is 24.3 Å². The minimum atomic E-state index is -0.235. The van der Waals surface area contributed by atoms with Crippen molar-refractivity contribution in [3.05, 3.63) is 65.0 Å². The van der Waals surface area contributed by atoms with E-state index >= 15 is 0 Å². The highest BCUT2D eigenvalue weighted by atomic mass is 16.5. The topological polar surface area (TPSA) is 57.5 Å². The van der Waals surface area contributed by atoms with Crippen LogP contribution >= 0.6 is 0 Å². The highest BCUT2D eigenvalue weighted by Crippen LogP contribution is 2.23.